The lowest BCUT2D eigenvalue weighted by Crippen LogP contribution is -2.23. The smallest absolute Gasteiger partial charge is 0.278 e. The molecule has 0 amide bonds. The van der Waals surface area contributed by atoms with Gasteiger partial charge in [0.05, 0.1) is 17.1 Å². The number of hydrogen-bond acceptors (Lipinski definition) is 6. The van der Waals surface area contributed by atoms with Crippen molar-refractivity contribution in [2.45, 2.75) is 38.7 Å². The SMILES string of the molecule is CC1CCC(Oc2cc([N+](=O)[O-])cc(NN)n2)CC1. The number of hydrogen-bond donors (Lipinski definition) is 2. The van der Waals surface area contributed by atoms with Crippen LogP contribution >= 0.6 is 0 Å². The molecule has 0 bridgehead atoms. The number of nitrogen functional groups attached to an aromatic ring is 1. The molecule has 7 nitrogen and oxygen atoms in total. The Labute approximate surface area is 111 Å². The van der Waals surface area contributed by atoms with Gasteiger partial charge in [-0.1, -0.05) is 6.92 Å². The Morgan fingerprint density at radius 3 is 2.68 bits per heavy atom. The molecule has 1 saturated carbocycles. The second-order valence-corrected chi connectivity index (χ2v) is 4.95. The van der Waals surface area contributed by atoms with Gasteiger partial charge in [-0.3, -0.25) is 10.1 Å². The lowest BCUT2D eigenvalue weighted by atomic mass is 9.89. The van der Waals surface area contributed by atoms with Gasteiger partial charge in [0.15, 0.2) is 5.82 Å². The van der Waals surface area contributed by atoms with Crippen LogP contribution in [0.1, 0.15) is 32.6 Å². The first kappa shape index (κ1) is 13.5. The summed E-state index contributed by atoms with van der Waals surface area (Å²) in [6, 6.07) is 2.61. The van der Waals surface area contributed by atoms with Crippen LogP contribution in [0.5, 0.6) is 5.88 Å². The van der Waals surface area contributed by atoms with Crippen LogP contribution in [-0.4, -0.2) is 16.0 Å². The molecule has 1 aliphatic carbocycles. The van der Waals surface area contributed by atoms with Crippen molar-refractivity contribution in [3.8, 4) is 5.88 Å². The maximum Gasteiger partial charge on any atom is 0.278 e. The van der Waals surface area contributed by atoms with Gasteiger partial charge < -0.3 is 10.2 Å². The van der Waals surface area contributed by atoms with Gasteiger partial charge in [0.25, 0.3) is 5.69 Å². The fourth-order valence-electron chi connectivity index (χ4n) is 2.25. The number of anilines is 1. The van der Waals surface area contributed by atoms with Gasteiger partial charge in [-0.15, -0.1) is 0 Å². The highest BCUT2D eigenvalue weighted by Crippen LogP contribution is 2.28. The molecule has 0 aromatic carbocycles. The van der Waals surface area contributed by atoms with Crippen LogP contribution in [0.2, 0.25) is 0 Å². The quantitative estimate of drug-likeness (QED) is 0.492. The average molecular weight is 266 g/mol. The minimum atomic E-state index is -0.488. The monoisotopic (exact) mass is 266 g/mol. The molecule has 104 valence electrons. The van der Waals surface area contributed by atoms with Crippen molar-refractivity contribution in [1.82, 2.24) is 4.98 Å². The topological polar surface area (TPSA) is 103 Å². The minimum absolute atomic E-state index is 0.0799. The van der Waals surface area contributed by atoms with Crippen molar-refractivity contribution in [3.63, 3.8) is 0 Å². The molecule has 0 atom stereocenters. The maximum absolute atomic E-state index is 10.8. The Balaban J connectivity index is 2.10. The number of pyridine rings is 1. The highest BCUT2D eigenvalue weighted by molar-refractivity contribution is 5.47. The standard InChI is InChI=1S/C12H18N4O3/c1-8-2-4-10(5-3-8)19-12-7-9(16(17)18)6-11(14-12)15-13/h6-8,10H,2-5,13H2,1H3,(H,14,15). The Morgan fingerprint density at radius 2 is 2.11 bits per heavy atom. The molecule has 0 radical (unpaired) electrons. The number of nitrogens with one attached hydrogen (secondary N) is 1. The summed E-state index contributed by atoms with van der Waals surface area (Å²) in [4.78, 5) is 14.4. The lowest BCUT2D eigenvalue weighted by Gasteiger charge is -2.26. The van der Waals surface area contributed by atoms with E-state index in [9.17, 15) is 10.1 Å². The molecule has 0 saturated heterocycles. The molecule has 1 fully saturated rings. The number of hydrazine groups is 1. The van der Waals surface area contributed by atoms with E-state index in [4.69, 9.17) is 10.6 Å². The zero-order valence-electron chi connectivity index (χ0n) is 10.8. The van der Waals surface area contributed by atoms with Gasteiger partial charge in [0.2, 0.25) is 5.88 Å². The second kappa shape index (κ2) is 5.83. The first-order valence-electron chi connectivity index (χ1n) is 6.38. The molecular formula is C12H18N4O3. The van der Waals surface area contributed by atoms with Crippen molar-refractivity contribution < 1.29 is 9.66 Å². The van der Waals surface area contributed by atoms with E-state index in [1.165, 1.54) is 12.1 Å². The van der Waals surface area contributed by atoms with E-state index in [1.54, 1.807) is 0 Å². The normalized spacial score (nSPS) is 22.8. The summed E-state index contributed by atoms with van der Waals surface area (Å²) in [6.07, 6.45) is 4.22. The van der Waals surface area contributed by atoms with Crippen molar-refractivity contribution in [2.24, 2.45) is 11.8 Å². The van der Waals surface area contributed by atoms with Crippen LogP contribution in [0.4, 0.5) is 11.5 Å². The molecule has 0 spiro atoms. The molecule has 1 heterocycles. The Kier molecular flexibility index (Phi) is 4.16. The summed E-state index contributed by atoms with van der Waals surface area (Å²) < 4.78 is 5.73. The van der Waals surface area contributed by atoms with Crippen LogP contribution in [0.15, 0.2) is 12.1 Å². The van der Waals surface area contributed by atoms with E-state index < -0.39 is 4.92 Å². The van der Waals surface area contributed by atoms with Crippen LogP contribution in [0.25, 0.3) is 0 Å². The summed E-state index contributed by atoms with van der Waals surface area (Å²) in [6.45, 7) is 2.22. The molecule has 1 aromatic rings. The number of nitro groups is 1. The van der Waals surface area contributed by atoms with Crippen LogP contribution < -0.4 is 16.0 Å². The van der Waals surface area contributed by atoms with Gasteiger partial charge in [0, 0.05) is 0 Å². The molecule has 1 aliphatic rings. The third-order valence-corrected chi connectivity index (χ3v) is 3.40. The van der Waals surface area contributed by atoms with Crippen molar-refractivity contribution in [2.75, 3.05) is 5.43 Å². The van der Waals surface area contributed by atoms with Crippen molar-refractivity contribution >= 4 is 11.5 Å². The van der Waals surface area contributed by atoms with Crippen LogP contribution in [-0.2, 0) is 0 Å². The molecule has 0 unspecified atom stereocenters. The van der Waals surface area contributed by atoms with Crippen LogP contribution in [0.3, 0.4) is 0 Å². The largest absolute Gasteiger partial charge is 0.474 e. The molecule has 0 aliphatic heterocycles. The highest BCUT2D eigenvalue weighted by Gasteiger charge is 2.21. The van der Waals surface area contributed by atoms with E-state index in [1.807, 2.05) is 0 Å². The summed E-state index contributed by atoms with van der Waals surface area (Å²) in [5.74, 6) is 6.45. The first-order chi connectivity index (χ1) is 9.08. The van der Waals surface area contributed by atoms with E-state index >= 15 is 0 Å². The van der Waals surface area contributed by atoms with Gasteiger partial charge in [0.1, 0.15) is 6.10 Å². The third kappa shape index (κ3) is 3.54. The van der Waals surface area contributed by atoms with Gasteiger partial charge >= 0.3 is 0 Å². The van der Waals surface area contributed by atoms with Crippen molar-refractivity contribution in [1.29, 1.82) is 0 Å². The molecule has 1 aromatic heterocycles. The number of aromatic nitrogens is 1. The summed E-state index contributed by atoms with van der Waals surface area (Å²) in [5.41, 5.74) is 2.23. The lowest BCUT2D eigenvalue weighted by molar-refractivity contribution is -0.384. The summed E-state index contributed by atoms with van der Waals surface area (Å²) in [7, 11) is 0. The Hall–Kier alpha value is -1.89. The van der Waals surface area contributed by atoms with Crippen LogP contribution in [0, 0.1) is 16.0 Å². The number of ether oxygens (including phenoxy) is 1. The van der Waals surface area contributed by atoms with E-state index in [-0.39, 0.29) is 23.5 Å². The third-order valence-electron chi connectivity index (χ3n) is 3.40. The Morgan fingerprint density at radius 1 is 1.42 bits per heavy atom. The van der Waals surface area contributed by atoms with Crippen molar-refractivity contribution in [3.05, 3.63) is 22.2 Å². The van der Waals surface area contributed by atoms with Gasteiger partial charge in [-0.2, -0.15) is 4.98 Å². The van der Waals surface area contributed by atoms with Gasteiger partial charge in [-0.05, 0) is 31.6 Å². The molecule has 7 heteroatoms. The molecule has 3 N–H and O–H groups in total. The number of nitrogens with zero attached hydrogens (tertiary/aromatic N) is 2. The average Bonchev–Trinajstić information content (AvgIpc) is 2.41. The molecule has 2 rings (SSSR count). The zero-order valence-corrected chi connectivity index (χ0v) is 10.8. The summed E-state index contributed by atoms with van der Waals surface area (Å²) >= 11 is 0. The number of nitrogens with two attached hydrogens (primary N) is 1. The minimum Gasteiger partial charge on any atom is -0.474 e. The van der Waals surface area contributed by atoms with E-state index in [0.29, 0.717) is 0 Å². The predicted molar refractivity (Wildman–Crippen MR) is 70.7 cm³/mol. The zero-order chi connectivity index (χ0) is 13.8. The van der Waals surface area contributed by atoms with E-state index in [0.717, 1.165) is 31.6 Å². The highest BCUT2D eigenvalue weighted by atomic mass is 16.6. The van der Waals surface area contributed by atoms with E-state index in [2.05, 4.69) is 17.3 Å². The molecular weight excluding hydrogens is 248 g/mol. The Bertz CT molecular complexity index is 458. The summed E-state index contributed by atoms with van der Waals surface area (Å²) in [5, 5.41) is 10.8. The number of rotatable bonds is 4. The maximum atomic E-state index is 10.8. The van der Waals surface area contributed by atoms with Gasteiger partial charge in [-0.25, -0.2) is 5.84 Å². The molecule has 19 heavy (non-hydrogen) atoms. The fraction of sp³-hybridized carbons (Fsp3) is 0.583. The fourth-order valence-corrected chi connectivity index (χ4v) is 2.25. The predicted octanol–water partition coefficient (Wildman–Crippen LogP) is 2.23. The first-order valence-corrected chi connectivity index (χ1v) is 6.38. The second-order valence-electron chi connectivity index (χ2n) is 4.95.